The van der Waals surface area contributed by atoms with E-state index in [1.807, 2.05) is 0 Å². The van der Waals surface area contributed by atoms with Crippen molar-refractivity contribution in [3.05, 3.63) is 29.0 Å². The minimum atomic E-state index is -0.877. The maximum atomic E-state index is 11.7. The molecule has 17 heavy (non-hydrogen) atoms. The number of rotatable bonds is 5. The van der Waals surface area contributed by atoms with Gasteiger partial charge in [-0.2, -0.15) is 0 Å². The fraction of sp³-hybridized carbons (Fsp3) is 0.364. The van der Waals surface area contributed by atoms with Gasteiger partial charge in [0.1, 0.15) is 5.15 Å². The summed E-state index contributed by atoms with van der Waals surface area (Å²) in [5, 5.41) is 11.4. The highest BCUT2D eigenvalue weighted by atomic mass is 35.5. The molecule has 1 heterocycles. The molecule has 92 valence electrons. The van der Waals surface area contributed by atoms with Gasteiger partial charge >= 0.3 is 5.97 Å². The quantitative estimate of drug-likeness (QED) is 0.786. The molecule has 1 aromatic rings. The van der Waals surface area contributed by atoms with Crippen molar-refractivity contribution in [2.45, 2.75) is 25.8 Å². The van der Waals surface area contributed by atoms with Gasteiger partial charge in [-0.15, -0.1) is 0 Å². The lowest BCUT2D eigenvalue weighted by atomic mass is 10.1. The lowest BCUT2D eigenvalue weighted by Crippen LogP contribution is -2.32. The molecular weight excluding hydrogens is 244 g/mol. The third kappa shape index (κ3) is 4.82. The van der Waals surface area contributed by atoms with Crippen molar-refractivity contribution in [3.8, 4) is 0 Å². The summed E-state index contributed by atoms with van der Waals surface area (Å²) in [6.07, 6.45) is 1.86. The maximum absolute atomic E-state index is 11.7. The first kappa shape index (κ1) is 13.4. The lowest BCUT2D eigenvalue weighted by molar-refractivity contribution is -0.137. The minimum Gasteiger partial charge on any atom is -0.481 e. The van der Waals surface area contributed by atoms with Crippen LogP contribution in [0.25, 0.3) is 0 Å². The number of carboxylic acids is 1. The summed E-state index contributed by atoms with van der Waals surface area (Å²) >= 11 is 5.66. The number of amides is 1. The minimum absolute atomic E-state index is 0.0263. The molecule has 1 amide bonds. The summed E-state index contributed by atoms with van der Waals surface area (Å²) in [5.41, 5.74) is 0.409. The molecule has 2 N–H and O–H groups in total. The standard InChI is InChI=1S/C11H13ClN2O3/c1-7(2-3-10(15)16)14-11(17)8-4-5-13-9(12)6-8/h4-7H,2-3H2,1H3,(H,14,17)(H,15,16). The fourth-order valence-corrected chi connectivity index (χ4v) is 1.44. The van der Waals surface area contributed by atoms with Crippen LogP contribution in [0.15, 0.2) is 18.3 Å². The van der Waals surface area contributed by atoms with E-state index in [1.54, 1.807) is 13.0 Å². The van der Waals surface area contributed by atoms with Crippen LogP contribution in [-0.4, -0.2) is 28.0 Å². The molecule has 0 aliphatic rings. The number of hydrogen-bond donors (Lipinski definition) is 2. The van der Waals surface area contributed by atoms with E-state index in [2.05, 4.69) is 10.3 Å². The largest absolute Gasteiger partial charge is 0.481 e. The number of halogens is 1. The van der Waals surface area contributed by atoms with E-state index in [1.165, 1.54) is 12.3 Å². The smallest absolute Gasteiger partial charge is 0.303 e. The van der Waals surface area contributed by atoms with Crippen LogP contribution in [0.2, 0.25) is 5.15 Å². The third-order valence-electron chi connectivity index (χ3n) is 2.16. The van der Waals surface area contributed by atoms with Crippen LogP contribution in [0.5, 0.6) is 0 Å². The van der Waals surface area contributed by atoms with Gasteiger partial charge < -0.3 is 10.4 Å². The molecule has 0 saturated heterocycles. The molecule has 1 aromatic heterocycles. The van der Waals surface area contributed by atoms with Gasteiger partial charge in [0.2, 0.25) is 0 Å². The number of carbonyl (C=O) groups is 2. The van der Waals surface area contributed by atoms with Crippen LogP contribution in [-0.2, 0) is 4.79 Å². The van der Waals surface area contributed by atoms with Gasteiger partial charge in [-0.25, -0.2) is 4.98 Å². The first-order valence-electron chi connectivity index (χ1n) is 5.13. The molecule has 1 rings (SSSR count). The zero-order valence-electron chi connectivity index (χ0n) is 9.31. The third-order valence-corrected chi connectivity index (χ3v) is 2.36. The number of aromatic nitrogens is 1. The molecule has 0 aliphatic carbocycles. The average Bonchev–Trinajstić information content (AvgIpc) is 2.26. The predicted molar refractivity (Wildman–Crippen MR) is 63.0 cm³/mol. The molecular formula is C11H13ClN2O3. The number of carbonyl (C=O) groups excluding carboxylic acids is 1. The van der Waals surface area contributed by atoms with Gasteiger partial charge in [-0.3, -0.25) is 9.59 Å². The predicted octanol–water partition coefficient (Wildman–Crippen LogP) is 1.72. The topological polar surface area (TPSA) is 79.3 Å². The highest BCUT2D eigenvalue weighted by Gasteiger charge is 2.11. The van der Waals surface area contributed by atoms with E-state index >= 15 is 0 Å². The second kappa shape index (κ2) is 6.20. The summed E-state index contributed by atoms with van der Waals surface area (Å²) in [6, 6.07) is 2.80. The van der Waals surface area contributed by atoms with E-state index < -0.39 is 5.97 Å². The molecule has 0 radical (unpaired) electrons. The fourth-order valence-electron chi connectivity index (χ4n) is 1.26. The summed E-state index contributed by atoms with van der Waals surface area (Å²) in [6.45, 7) is 1.75. The molecule has 0 bridgehead atoms. The lowest BCUT2D eigenvalue weighted by Gasteiger charge is -2.12. The number of pyridine rings is 1. The van der Waals surface area contributed by atoms with Crippen molar-refractivity contribution < 1.29 is 14.7 Å². The molecule has 0 saturated carbocycles. The average molecular weight is 257 g/mol. The van der Waals surface area contributed by atoms with Crippen LogP contribution in [0.3, 0.4) is 0 Å². The SMILES string of the molecule is CC(CCC(=O)O)NC(=O)c1ccnc(Cl)c1. The van der Waals surface area contributed by atoms with Crippen LogP contribution < -0.4 is 5.32 Å². The van der Waals surface area contributed by atoms with E-state index in [0.29, 0.717) is 12.0 Å². The second-order valence-electron chi connectivity index (χ2n) is 3.67. The van der Waals surface area contributed by atoms with Gasteiger partial charge in [-0.1, -0.05) is 11.6 Å². The molecule has 1 atom stereocenters. The normalized spacial score (nSPS) is 11.9. The Labute approximate surface area is 104 Å². The van der Waals surface area contributed by atoms with Crippen molar-refractivity contribution >= 4 is 23.5 Å². The Morgan fingerprint density at radius 1 is 1.59 bits per heavy atom. The molecule has 0 fully saturated rings. The van der Waals surface area contributed by atoms with Crippen molar-refractivity contribution in [3.63, 3.8) is 0 Å². The van der Waals surface area contributed by atoms with E-state index in [0.717, 1.165) is 0 Å². The van der Waals surface area contributed by atoms with Crippen LogP contribution in [0, 0.1) is 0 Å². The number of aliphatic carboxylic acids is 1. The number of nitrogens with one attached hydrogen (secondary N) is 1. The Morgan fingerprint density at radius 2 is 2.29 bits per heavy atom. The van der Waals surface area contributed by atoms with Crippen molar-refractivity contribution in [1.82, 2.24) is 10.3 Å². The van der Waals surface area contributed by atoms with Gasteiger partial charge in [0, 0.05) is 24.2 Å². The van der Waals surface area contributed by atoms with Crippen LogP contribution in [0.4, 0.5) is 0 Å². The molecule has 1 unspecified atom stereocenters. The van der Waals surface area contributed by atoms with Crippen LogP contribution >= 0.6 is 11.6 Å². The highest BCUT2D eigenvalue weighted by molar-refractivity contribution is 6.29. The second-order valence-corrected chi connectivity index (χ2v) is 4.06. The number of nitrogens with zero attached hydrogens (tertiary/aromatic N) is 1. The summed E-state index contributed by atoms with van der Waals surface area (Å²) in [7, 11) is 0. The van der Waals surface area contributed by atoms with Crippen molar-refractivity contribution in [2.24, 2.45) is 0 Å². The van der Waals surface area contributed by atoms with Crippen molar-refractivity contribution in [2.75, 3.05) is 0 Å². The van der Waals surface area contributed by atoms with Gasteiger partial charge in [0.25, 0.3) is 5.91 Å². The van der Waals surface area contributed by atoms with E-state index in [-0.39, 0.29) is 23.5 Å². The zero-order chi connectivity index (χ0) is 12.8. The highest BCUT2D eigenvalue weighted by Crippen LogP contribution is 2.07. The van der Waals surface area contributed by atoms with E-state index in [4.69, 9.17) is 16.7 Å². The monoisotopic (exact) mass is 256 g/mol. The summed E-state index contributed by atoms with van der Waals surface area (Å²) in [4.78, 5) is 25.8. The van der Waals surface area contributed by atoms with Gasteiger partial charge in [0.15, 0.2) is 0 Å². The van der Waals surface area contributed by atoms with E-state index in [9.17, 15) is 9.59 Å². The molecule has 5 nitrogen and oxygen atoms in total. The number of carboxylic acid groups (broad SMARTS) is 1. The molecule has 0 aliphatic heterocycles. The Hall–Kier alpha value is -1.62. The molecule has 6 heteroatoms. The Balaban J connectivity index is 2.51. The van der Waals surface area contributed by atoms with Crippen LogP contribution in [0.1, 0.15) is 30.1 Å². The Morgan fingerprint density at radius 3 is 2.88 bits per heavy atom. The summed E-state index contributed by atoms with van der Waals surface area (Å²) in [5.74, 6) is -1.16. The first-order valence-corrected chi connectivity index (χ1v) is 5.51. The number of hydrogen-bond acceptors (Lipinski definition) is 3. The molecule has 0 spiro atoms. The Kier molecular flexibility index (Phi) is 4.90. The van der Waals surface area contributed by atoms with Gasteiger partial charge in [0.05, 0.1) is 0 Å². The Bertz CT molecular complexity index is 423. The zero-order valence-corrected chi connectivity index (χ0v) is 10.1. The maximum Gasteiger partial charge on any atom is 0.303 e. The van der Waals surface area contributed by atoms with Gasteiger partial charge in [-0.05, 0) is 25.5 Å². The molecule has 0 aromatic carbocycles. The first-order chi connectivity index (χ1) is 7.99. The van der Waals surface area contributed by atoms with Crippen molar-refractivity contribution in [1.29, 1.82) is 0 Å². The summed E-state index contributed by atoms with van der Waals surface area (Å²) < 4.78 is 0.